The number of aliphatic carboxylic acids is 1. The summed E-state index contributed by atoms with van der Waals surface area (Å²) >= 11 is 0. The van der Waals surface area contributed by atoms with E-state index in [0.29, 0.717) is 18.0 Å². The molecule has 7 nitrogen and oxygen atoms in total. The van der Waals surface area contributed by atoms with Gasteiger partial charge in [-0.3, -0.25) is 9.80 Å². The number of nitrogens with one attached hydrogen (secondary N) is 1. The number of urea groups is 1. The van der Waals surface area contributed by atoms with Crippen LogP contribution < -0.4 is 15.0 Å². The van der Waals surface area contributed by atoms with E-state index in [9.17, 15) is 9.59 Å². The average Bonchev–Trinajstić information content (AvgIpc) is 3.09. The van der Waals surface area contributed by atoms with Crippen LogP contribution in [0.3, 0.4) is 0 Å². The van der Waals surface area contributed by atoms with Gasteiger partial charge >= 0.3 is 12.0 Å². The fourth-order valence-corrected chi connectivity index (χ4v) is 5.01. The molecule has 2 aliphatic rings. The number of hydrogen-bond donors (Lipinski definition) is 2. The van der Waals surface area contributed by atoms with Crippen LogP contribution in [0.15, 0.2) is 54.6 Å². The lowest BCUT2D eigenvalue weighted by Crippen LogP contribution is -2.54. The Balaban J connectivity index is 1.54. The molecule has 2 aromatic rings. The summed E-state index contributed by atoms with van der Waals surface area (Å²) in [5, 5.41) is 12.2. The summed E-state index contributed by atoms with van der Waals surface area (Å²) in [5.74, 6) is -0.648. The summed E-state index contributed by atoms with van der Waals surface area (Å²) in [5.41, 5.74) is 1.56. The summed E-state index contributed by atoms with van der Waals surface area (Å²) in [6.45, 7) is 0.0949. The maximum absolute atomic E-state index is 12.9. The molecular weight excluding hydrogens is 394 g/mol. The van der Waals surface area contributed by atoms with E-state index in [1.807, 2.05) is 12.1 Å². The van der Waals surface area contributed by atoms with Crippen molar-refractivity contribution in [3.05, 3.63) is 60.2 Å². The van der Waals surface area contributed by atoms with Gasteiger partial charge in [0, 0.05) is 5.54 Å². The third-order valence-corrected chi connectivity index (χ3v) is 6.79. The number of para-hydroxylation sites is 2. The van der Waals surface area contributed by atoms with E-state index in [-0.39, 0.29) is 17.1 Å². The Morgan fingerprint density at radius 1 is 1.06 bits per heavy atom. The summed E-state index contributed by atoms with van der Waals surface area (Å²) in [4.78, 5) is 27.8. The van der Waals surface area contributed by atoms with Crippen molar-refractivity contribution in [2.45, 2.75) is 36.8 Å². The Hall–Kier alpha value is -3.06. The van der Waals surface area contributed by atoms with Gasteiger partial charge in [-0.1, -0.05) is 42.5 Å². The number of nitrogens with zero attached hydrogens (tertiary/aromatic N) is 2. The second-order valence-corrected chi connectivity index (χ2v) is 8.74. The monoisotopic (exact) mass is 423 g/mol. The van der Waals surface area contributed by atoms with Gasteiger partial charge in [-0.05, 0) is 57.5 Å². The molecule has 1 spiro atoms. The number of carbonyl (C=O) groups excluding carboxylic acids is 1. The molecule has 7 heteroatoms. The number of carbonyl (C=O) groups is 2. The van der Waals surface area contributed by atoms with E-state index in [1.165, 1.54) is 5.56 Å². The zero-order valence-corrected chi connectivity index (χ0v) is 18.0. The number of ether oxygens (including phenoxy) is 1. The van der Waals surface area contributed by atoms with Gasteiger partial charge < -0.3 is 15.2 Å². The second kappa shape index (κ2) is 8.23. The number of carboxylic acid groups (broad SMARTS) is 1. The molecule has 0 atom stereocenters. The quantitative estimate of drug-likeness (QED) is 0.744. The summed E-state index contributed by atoms with van der Waals surface area (Å²) in [7, 11) is 4.25. The first-order chi connectivity index (χ1) is 14.9. The van der Waals surface area contributed by atoms with Crippen LogP contribution in [0.5, 0.6) is 5.75 Å². The first-order valence-electron chi connectivity index (χ1n) is 10.6. The Bertz CT molecular complexity index is 952. The molecule has 2 aromatic carbocycles. The molecule has 0 aromatic heterocycles. The lowest BCUT2D eigenvalue weighted by molar-refractivity contribution is -0.139. The second-order valence-electron chi connectivity index (χ2n) is 8.74. The number of carboxylic acids is 1. The van der Waals surface area contributed by atoms with Crippen molar-refractivity contribution in [3.63, 3.8) is 0 Å². The van der Waals surface area contributed by atoms with Gasteiger partial charge in [-0.2, -0.15) is 0 Å². The van der Waals surface area contributed by atoms with Crippen molar-refractivity contribution >= 4 is 17.7 Å². The van der Waals surface area contributed by atoms with Crippen LogP contribution in [0.4, 0.5) is 10.5 Å². The minimum Gasteiger partial charge on any atom is -0.480 e. The van der Waals surface area contributed by atoms with Crippen molar-refractivity contribution in [1.82, 2.24) is 10.2 Å². The van der Waals surface area contributed by atoms with Gasteiger partial charge in [0.25, 0.3) is 0 Å². The largest absolute Gasteiger partial charge is 0.480 e. The topological polar surface area (TPSA) is 82.1 Å². The molecular formula is C24H29N3O4. The highest BCUT2D eigenvalue weighted by molar-refractivity contribution is 5.96. The van der Waals surface area contributed by atoms with E-state index in [4.69, 9.17) is 9.84 Å². The van der Waals surface area contributed by atoms with Gasteiger partial charge in [-0.15, -0.1) is 0 Å². The molecule has 2 N–H and O–H groups in total. The molecule has 31 heavy (non-hydrogen) atoms. The predicted octanol–water partition coefficient (Wildman–Crippen LogP) is 3.45. The standard InChI is InChI=1S/C24H29N3O4/c1-26(2)24(18-8-4-3-5-9-18)14-12-23(13-15-24)17-27(22(30)25-23)19-10-6-7-11-20(19)31-16-21(28)29/h3-11H,12-17H2,1-2H3,(H,25,30)(H,28,29)/t23-,24+. The highest BCUT2D eigenvalue weighted by Crippen LogP contribution is 2.46. The summed E-state index contributed by atoms with van der Waals surface area (Å²) in [6, 6.07) is 17.5. The minimum absolute atomic E-state index is 0.0484. The first kappa shape index (κ1) is 21.2. The van der Waals surface area contributed by atoms with Gasteiger partial charge in [-0.25, -0.2) is 9.59 Å². The van der Waals surface area contributed by atoms with Crippen molar-refractivity contribution in [1.29, 1.82) is 0 Å². The van der Waals surface area contributed by atoms with Crippen LogP contribution in [-0.2, 0) is 10.3 Å². The maximum atomic E-state index is 12.9. The third-order valence-electron chi connectivity index (χ3n) is 6.79. The Morgan fingerprint density at radius 2 is 1.71 bits per heavy atom. The third kappa shape index (κ3) is 3.97. The summed E-state index contributed by atoms with van der Waals surface area (Å²) < 4.78 is 5.43. The molecule has 1 heterocycles. The van der Waals surface area contributed by atoms with E-state index < -0.39 is 12.6 Å². The number of hydrogen-bond acceptors (Lipinski definition) is 4. The molecule has 164 valence electrons. The predicted molar refractivity (Wildman–Crippen MR) is 118 cm³/mol. The van der Waals surface area contributed by atoms with Crippen molar-refractivity contribution in [3.8, 4) is 5.75 Å². The van der Waals surface area contributed by atoms with E-state index in [0.717, 1.165) is 25.7 Å². The Kier molecular flexibility index (Phi) is 5.62. The van der Waals surface area contributed by atoms with E-state index in [1.54, 1.807) is 23.1 Å². The van der Waals surface area contributed by atoms with Crippen LogP contribution in [-0.4, -0.2) is 54.8 Å². The lowest BCUT2D eigenvalue weighted by atomic mass is 9.69. The fraction of sp³-hybridized carbons (Fsp3) is 0.417. The number of anilines is 1. The summed E-state index contributed by atoms with van der Waals surface area (Å²) in [6.07, 6.45) is 3.60. The first-order valence-corrected chi connectivity index (χ1v) is 10.6. The molecule has 0 radical (unpaired) electrons. The Morgan fingerprint density at radius 3 is 2.35 bits per heavy atom. The Labute approximate surface area is 182 Å². The minimum atomic E-state index is -1.05. The molecule has 2 fully saturated rings. The zero-order chi connectivity index (χ0) is 22.1. The highest BCUT2D eigenvalue weighted by atomic mass is 16.5. The smallest absolute Gasteiger partial charge is 0.341 e. The number of amides is 2. The van der Waals surface area contributed by atoms with Crippen LogP contribution in [0.1, 0.15) is 31.2 Å². The molecule has 1 saturated heterocycles. The van der Waals surface area contributed by atoms with E-state index >= 15 is 0 Å². The van der Waals surface area contributed by atoms with Crippen LogP contribution in [0.2, 0.25) is 0 Å². The average molecular weight is 424 g/mol. The normalized spacial score (nSPS) is 25.6. The highest BCUT2D eigenvalue weighted by Gasteiger charge is 2.50. The SMILES string of the molecule is CN(C)[C@]1(c2ccccc2)CC[C@]2(CC1)CN(c1ccccc1OCC(=O)O)C(=O)N2. The van der Waals surface area contributed by atoms with Crippen molar-refractivity contribution in [2.75, 3.05) is 32.1 Å². The zero-order valence-electron chi connectivity index (χ0n) is 18.0. The van der Waals surface area contributed by atoms with Crippen molar-refractivity contribution < 1.29 is 19.4 Å². The molecule has 1 aliphatic carbocycles. The lowest BCUT2D eigenvalue weighted by Gasteiger charge is -2.48. The van der Waals surface area contributed by atoms with Crippen LogP contribution >= 0.6 is 0 Å². The molecule has 0 unspecified atom stereocenters. The molecule has 1 saturated carbocycles. The maximum Gasteiger partial charge on any atom is 0.341 e. The van der Waals surface area contributed by atoms with E-state index in [2.05, 4.69) is 48.6 Å². The number of benzene rings is 2. The molecule has 0 bridgehead atoms. The van der Waals surface area contributed by atoms with Crippen LogP contribution in [0.25, 0.3) is 0 Å². The number of rotatable bonds is 6. The molecule has 1 aliphatic heterocycles. The van der Waals surface area contributed by atoms with Gasteiger partial charge in [0.05, 0.1) is 17.8 Å². The fourth-order valence-electron chi connectivity index (χ4n) is 5.01. The molecule has 4 rings (SSSR count). The van der Waals surface area contributed by atoms with Gasteiger partial charge in [0.1, 0.15) is 5.75 Å². The van der Waals surface area contributed by atoms with Crippen LogP contribution in [0, 0.1) is 0 Å². The van der Waals surface area contributed by atoms with Gasteiger partial charge in [0.15, 0.2) is 6.61 Å². The van der Waals surface area contributed by atoms with Gasteiger partial charge in [0.2, 0.25) is 0 Å². The molecule has 2 amide bonds. The van der Waals surface area contributed by atoms with Crippen molar-refractivity contribution in [2.24, 2.45) is 0 Å².